The number of carbonyl (C=O) groups excluding carboxylic acids is 1. The van der Waals surface area contributed by atoms with E-state index in [-0.39, 0.29) is 12.5 Å². The number of nitrogens with one attached hydrogen (secondary N) is 2. The SMILES string of the molecule is CCNC(=O)c1ccc(CNS(=O)(=O)c2ccc3c(c2)CCCC3)cc1. The van der Waals surface area contributed by atoms with Crippen molar-refractivity contribution in [3.8, 4) is 0 Å². The maximum Gasteiger partial charge on any atom is 0.251 e. The average Bonchev–Trinajstić information content (AvgIpc) is 2.66. The summed E-state index contributed by atoms with van der Waals surface area (Å²) in [7, 11) is -3.56. The molecule has 0 aliphatic heterocycles. The summed E-state index contributed by atoms with van der Waals surface area (Å²) in [5, 5.41) is 2.73. The van der Waals surface area contributed by atoms with Crippen molar-refractivity contribution in [2.75, 3.05) is 6.54 Å². The number of rotatable bonds is 6. The monoisotopic (exact) mass is 372 g/mol. The third-order valence-electron chi connectivity index (χ3n) is 4.65. The van der Waals surface area contributed by atoms with Gasteiger partial charge in [0, 0.05) is 18.7 Å². The molecule has 0 saturated heterocycles. The van der Waals surface area contributed by atoms with Crippen LogP contribution in [0.25, 0.3) is 0 Å². The highest BCUT2D eigenvalue weighted by Gasteiger charge is 2.17. The Labute approximate surface area is 154 Å². The molecule has 138 valence electrons. The van der Waals surface area contributed by atoms with E-state index < -0.39 is 10.0 Å². The summed E-state index contributed by atoms with van der Waals surface area (Å²) in [4.78, 5) is 12.1. The fourth-order valence-corrected chi connectivity index (χ4v) is 4.24. The zero-order valence-electron chi connectivity index (χ0n) is 14.9. The van der Waals surface area contributed by atoms with Gasteiger partial charge >= 0.3 is 0 Å². The van der Waals surface area contributed by atoms with Crippen LogP contribution in [0.1, 0.15) is 46.8 Å². The molecular formula is C20H24N2O3S. The van der Waals surface area contributed by atoms with Crippen molar-refractivity contribution in [1.29, 1.82) is 0 Å². The van der Waals surface area contributed by atoms with Crippen molar-refractivity contribution in [2.24, 2.45) is 0 Å². The van der Waals surface area contributed by atoms with Crippen LogP contribution >= 0.6 is 0 Å². The van der Waals surface area contributed by atoms with Crippen LogP contribution in [0.3, 0.4) is 0 Å². The van der Waals surface area contributed by atoms with Gasteiger partial charge in [-0.15, -0.1) is 0 Å². The van der Waals surface area contributed by atoms with Gasteiger partial charge < -0.3 is 5.32 Å². The molecule has 3 rings (SSSR count). The van der Waals surface area contributed by atoms with Crippen LogP contribution < -0.4 is 10.0 Å². The van der Waals surface area contributed by atoms with E-state index in [9.17, 15) is 13.2 Å². The van der Waals surface area contributed by atoms with E-state index >= 15 is 0 Å². The molecule has 0 saturated carbocycles. The smallest absolute Gasteiger partial charge is 0.251 e. The first-order valence-corrected chi connectivity index (χ1v) is 10.5. The topological polar surface area (TPSA) is 75.3 Å². The number of sulfonamides is 1. The Kier molecular flexibility index (Phi) is 5.74. The van der Waals surface area contributed by atoms with Gasteiger partial charge in [0.05, 0.1) is 4.90 Å². The molecule has 0 aromatic heterocycles. The number of amides is 1. The number of benzene rings is 2. The molecule has 1 aliphatic carbocycles. The van der Waals surface area contributed by atoms with E-state index in [0.717, 1.165) is 30.4 Å². The minimum Gasteiger partial charge on any atom is -0.352 e. The van der Waals surface area contributed by atoms with E-state index in [1.165, 1.54) is 12.0 Å². The molecule has 5 nitrogen and oxygen atoms in total. The molecule has 0 unspecified atom stereocenters. The number of carbonyl (C=O) groups is 1. The van der Waals surface area contributed by atoms with Gasteiger partial charge in [-0.05, 0) is 73.6 Å². The van der Waals surface area contributed by atoms with E-state index in [4.69, 9.17) is 0 Å². The van der Waals surface area contributed by atoms with Crippen molar-refractivity contribution in [2.45, 2.75) is 44.0 Å². The Morgan fingerprint density at radius 1 is 1.00 bits per heavy atom. The van der Waals surface area contributed by atoms with Crippen LogP contribution in [0.15, 0.2) is 47.4 Å². The third-order valence-corrected chi connectivity index (χ3v) is 6.05. The predicted octanol–water partition coefficient (Wildman–Crippen LogP) is 2.79. The second kappa shape index (κ2) is 8.01. The fourth-order valence-electron chi connectivity index (χ4n) is 3.18. The lowest BCUT2D eigenvalue weighted by molar-refractivity contribution is 0.0956. The Hall–Kier alpha value is -2.18. The molecule has 1 amide bonds. The van der Waals surface area contributed by atoms with Crippen molar-refractivity contribution < 1.29 is 13.2 Å². The van der Waals surface area contributed by atoms with E-state index in [1.807, 2.05) is 13.0 Å². The molecule has 0 atom stereocenters. The Bertz CT molecular complexity index is 890. The lowest BCUT2D eigenvalue weighted by Crippen LogP contribution is -2.24. The largest absolute Gasteiger partial charge is 0.352 e. The minimum atomic E-state index is -3.56. The Morgan fingerprint density at radius 2 is 1.69 bits per heavy atom. The fraction of sp³-hybridized carbons (Fsp3) is 0.350. The van der Waals surface area contributed by atoms with E-state index in [1.54, 1.807) is 36.4 Å². The highest BCUT2D eigenvalue weighted by Crippen LogP contribution is 2.24. The van der Waals surface area contributed by atoms with Crippen molar-refractivity contribution in [3.05, 3.63) is 64.7 Å². The van der Waals surface area contributed by atoms with E-state index in [2.05, 4.69) is 10.0 Å². The first kappa shape index (κ1) is 18.6. The first-order chi connectivity index (χ1) is 12.5. The highest BCUT2D eigenvalue weighted by molar-refractivity contribution is 7.89. The summed E-state index contributed by atoms with van der Waals surface area (Å²) in [5.74, 6) is -0.131. The number of fused-ring (bicyclic) bond motifs is 1. The molecular weight excluding hydrogens is 348 g/mol. The summed E-state index contributed by atoms with van der Waals surface area (Å²) in [6.07, 6.45) is 4.26. The van der Waals surface area contributed by atoms with Crippen LogP contribution in [0.2, 0.25) is 0 Å². The molecule has 0 radical (unpaired) electrons. The van der Waals surface area contributed by atoms with Crippen LogP contribution in [0.5, 0.6) is 0 Å². The molecule has 6 heteroatoms. The second-order valence-electron chi connectivity index (χ2n) is 6.52. The van der Waals surface area contributed by atoms with Gasteiger partial charge in [-0.2, -0.15) is 0 Å². The van der Waals surface area contributed by atoms with Crippen LogP contribution in [-0.2, 0) is 29.4 Å². The van der Waals surface area contributed by atoms with Gasteiger partial charge in [-0.1, -0.05) is 18.2 Å². The molecule has 26 heavy (non-hydrogen) atoms. The predicted molar refractivity (Wildman–Crippen MR) is 102 cm³/mol. The summed E-state index contributed by atoms with van der Waals surface area (Å²) < 4.78 is 27.8. The minimum absolute atomic E-state index is 0.131. The molecule has 0 heterocycles. The maximum atomic E-state index is 12.6. The number of hydrogen-bond donors (Lipinski definition) is 2. The maximum absolute atomic E-state index is 12.6. The molecule has 2 N–H and O–H groups in total. The van der Waals surface area contributed by atoms with Crippen molar-refractivity contribution >= 4 is 15.9 Å². The van der Waals surface area contributed by atoms with Gasteiger partial charge in [0.2, 0.25) is 10.0 Å². The van der Waals surface area contributed by atoms with Gasteiger partial charge in [0.15, 0.2) is 0 Å². The normalized spacial score (nSPS) is 13.9. The molecule has 0 spiro atoms. The second-order valence-corrected chi connectivity index (χ2v) is 8.29. The zero-order chi connectivity index (χ0) is 18.6. The molecule has 2 aromatic rings. The Balaban J connectivity index is 1.67. The standard InChI is InChI=1S/C20H24N2O3S/c1-2-21-20(23)17-9-7-15(8-10-17)14-22-26(24,25)19-12-11-16-5-3-4-6-18(16)13-19/h7-13,22H,2-6,14H2,1H3,(H,21,23). The molecule has 0 bridgehead atoms. The van der Waals surface area contributed by atoms with Gasteiger partial charge in [-0.25, -0.2) is 13.1 Å². The molecule has 2 aromatic carbocycles. The summed E-state index contributed by atoms with van der Waals surface area (Å²) in [5.41, 5.74) is 3.77. The van der Waals surface area contributed by atoms with Crippen molar-refractivity contribution in [3.63, 3.8) is 0 Å². The van der Waals surface area contributed by atoms with Crippen molar-refractivity contribution in [1.82, 2.24) is 10.0 Å². The first-order valence-electron chi connectivity index (χ1n) is 8.98. The molecule has 1 aliphatic rings. The zero-order valence-corrected chi connectivity index (χ0v) is 15.7. The van der Waals surface area contributed by atoms with Crippen LogP contribution in [0, 0.1) is 0 Å². The van der Waals surface area contributed by atoms with Crippen LogP contribution in [0.4, 0.5) is 0 Å². The number of hydrogen-bond acceptors (Lipinski definition) is 3. The average molecular weight is 372 g/mol. The van der Waals surface area contributed by atoms with E-state index in [0.29, 0.717) is 17.0 Å². The highest BCUT2D eigenvalue weighted by atomic mass is 32.2. The molecule has 0 fully saturated rings. The van der Waals surface area contributed by atoms with Gasteiger partial charge in [0.25, 0.3) is 5.91 Å². The van der Waals surface area contributed by atoms with Gasteiger partial charge in [-0.3, -0.25) is 4.79 Å². The lowest BCUT2D eigenvalue weighted by atomic mass is 9.92. The summed E-state index contributed by atoms with van der Waals surface area (Å²) in [6.45, 7) is 2.62. The Morgan fingerprint density at radius 3 is 2.38 bits per heavy atom. The summed E-state index contributed by atoms with van der Waals surface area (Å²) in [6, 6.07) is 12.4. The van der Waals surface area contributed by atoms with Gasteiger partial charge in [0.1, 0.15) is 0 Å². The quantitative estimate of drug-likeness (QED) is 0.819. The summed E-state index contributed by atoms with van der Waals surface area (Å²) >= 11 is 0. The third kappa shape index (κ3) is 4.31. The number of aryl methyl sites for hydroxylation is 2. The van der Waals surface area contributed by atoms with Crippen LogP contribution in [-0.4, -0.2) is 20.9 Å². The lowest BCUT2D eigenvalue weighted by Gasteiger charge is -2.16.